The van der Waals surface area contributed by atoms with Crippen LogP contribution in [-0.4, -0.2) is 30.8 Å². The van der Waals surface area contributed by atoms with Crippen LogP contribution in [-0.2, 0) is 9.53 Å². The molecule has 0 saturated heterocycles. The van der Waals surface area contributed by atoms with Crippen molar-refractivity contribution in [1.29, 1.82) is 0 Å². The highest BCUT2D eigenvalue weighted by Gasteiger charge is 2.35. The van der Waals surface area contributed by atoms with Gasteiger partial charge in [0.25, 0.3) is 0 Å². The molecule has 4 heteroatoms. The highest BCUT2D eigenvalue weighted by atomic mass is 16.5. The maximum Gasteiger partial charge on any atom is 0.313 e. The zero-order chi connectivity index (χ0) is 11.0. The van der Waals surface area contributed by atoms with Crippen LogP contribution in [0.25, 0.3) is 0 Å². The zero-order valence-electron chi connectivity index (χ0n) is 9.08. The van der Waals surface area contributed by atoms with Crippen molar-refractivity contribution >= 4 is 5.97 Å². The minimum atomic E-state index is -0.598. The summed E-state index contributed by atoms with van der Waals surface area (Å²) in [6.45, 7) is 4.44. The Bertz CT molecular complexity index is 167. The van der Waals surface area contributed by atoms with E-state index in [0.717, 1.165) is 0 Å². The molecule has 0 aliphatic heterocycles. The first-order valence-corrected chi connectivity index (χ1v) is 5.15. The van der Waals surface area contributed by atoms with E-state index in [1.807, 2.05) is 6.92 Å². The van der Waals surface area contributed by atoms with Crippen LogP contribution in [0.15, 0.2) is 0 Å². The third-order valence-corrected chi connectivity index (χ3v) is 2.59. The Morgan fingerprint density at radius 3 is 2.50 bits per heavy atom. The molecule has 0 aliphatic carbocycles. The average Bonchev–Trinajstić information content (AvgIpc) is 2.21. The Morgan fingerprint density at radius 1 is 1.50 bits per heavy atom. The summed E-state index contributed by atoms with van der Waals surface area (Å²) in [5, 5.41) is 8.74. The number of rotatable bonds is 7. The lowest BCUT2D eigenvalue weighted by molar-refractivity contribution is -0.155. The van der Waals surface area contributed by atoms with Gasteiger partial charge in [-0.05, 0) is 26.2 Å². The van der Waals surface area contributed by atoms with Gasteiger partial charge in [0, 0.05) is 13.2 Å². The summed E-state index contributed by atoms with van der Waals surface area (Å²) in [7, 11) is 0. The second kappa shape index (κ2) is 6.79. The smallest absolute Gasteiger partial charge is 0.313 e. The van der Waals surface area contributed by atoms with Gasteiger partial charge >= 0.3 is 5.97 Å². The summed E-state index contributed by atoms with van der Waals surface area (Å²) in [6, 6.07) is 0. The monoisotopic (exact) mass is 203 g/mol. The summed E-state index contributed by atoms with van der Waals surface area (Å²) < 4.78 is 4.99. The van der Waals surface area contributed by atoms with Crippen molar-refractivity contribution in [3.63, 3.8) is 0 Å². The maximum absolute atomic E-state index is 11.6. The predicted molar refractivity (Wildman–Crippen MR) is 54.7 cm³/mol. The fourth-order valence-electron chi connectivity index (χ4n) is 1.45. The van der Waals surface area contributed by atoms with Crippen LogP contribution < -0.4 is 5.73 Å². The van der Waals surface area contributed by atoms with Gasteiger partial charge in [0.05, 0.1) is 12.0 Å². The van der Waals surface area contributed by atoms with Crippen molar-refractivity contribution in [1.82, 2.24) is 0 Å². The summed E-state index contributed by atoms with van der Waals surface area (Å²) in [6.07, 6.45) is 1.83. The second-order valence-electron chi connectivity index (χ2n) is 3.39. The fourth-order valence-corrected chi connectivity index (χ4v) is 1.45. The molecule has 0 rings (SSSR count). The molecule has 0 aromatic carbocycles. The molecular weight excluding hydrogens is 182 g/mol. The molecule has 0 radical (unpaired) electrons. The van der Waals surface area contributed by atoms with Gasteiger partial charge in [-0.3, -0.25) is 4.79 Å². The van der Waals surface area contributed by atoms with Gasteiger partial charge < -0.3 is 15.6 Å². The van der Waals surface area contributed by atoms with E-state index in [-0.39, 0.29) is 19.1 Å². The van der Waals surface area contributed by atoms with Crippen molar-refractivity contribution in [2.75, 3.05) is 19.8 Å². The minimum absolute atomic E-state index is 0.0845. The van der Waals surface area contributed by atoms with Crippen molar-refractivity contribution in [3.8, 4) is 0 Å². The number of aliphatic hydroxyl groups excluding tert-OH is 1. The van der Waals surface area contributed by atoms with Gasteiger partial charge in [-0.2, -0.15) is 0 Å². The van der Waals surface area contributed by atoms with Crippen LogP contribution in [0.5, 0.6) is 0 Å². The van der Waals surface area contributed by atoms with E-state index in [4.69, 9.17) is 15.6 Å². The maximum atomic E-state index is 11.6. The average molecular weight is 203 g/mol. The van der Waals surface area contributed by atoms with E-state index in [0.29, 0.717) is 25.9 Å². The molecule has 0 bridgehead atoms. The lowest BCUT2D eigenvalue weighted by Crippen LogP contribution is -2.39. The molecule has 0 amide bonds. The van der Waals surface area contributed by atoms with Crippen LogP contribution in [0, 0.1) is 5.41 Å². The van der Waals surface area contributed by atoms with Crippen LogP contribution in [0.3, 0.4) is 0 Å². The van der Waals surface area contributed by atoms with Gasteiger partial charge in [-0.1, -0.05) is 6.92 Å². The molecule has 1 atom stereocenters. The van der Waals surface area contributed by atoms with Crippen molar-refractivity contribution < 1.29 is 14.6 Å². The van der Waals surface area contributed by atoms with Crippen LogP contribution in [0.1, 0.15) is 33.1 Å². The Balaban J connectivity index is 4.42. The Morgan fingerprint density at radius 2 is 2.14 bits per heavy atom. The normalized spacial score (nSPS) is 14.9. The first-order chi connectivity index (χ1) is 6.66. The first-order valence-electron chi connectivity index (χ1n) is 5.15. The van der Waals surface area contributed by atoms with E-state index >= 15 is 0 Å². The number of esters is 1. The van der Waals surface area contributed by atoms with Crippen molar-refractivity contribution in [2.45, 2.75) is 33.1 Å². The summed E-state index contributed by atoms with van der Waals surface area (Å²) in [4.78, 5) is 11.6. The van der Waals surface area contributed by atoms with Gasteiger partial charge in [-0.15, -0.1) is 0 Å². The van der Waals surface area contributed by atoms with E-state index in [1.54, 1.807) is 6.92 Å². The van der Waals surface area contributed by atoms with Crippen LogP contribution in [0.2, 0.25) is 0 Å². The molecule has 4 nitrogen and oxygen atoms in total. The third kappa shape index (κ3) is 3.27. The molecule has 0 aromatic rings. The highest BCUT2D eigenvalue weighted by Crippen LogP contribution is 2.28. The topological polar surface area (TPSA) is 72.5 Å². The van der Waals surface area contributed by atoms with E-state index in [2.05, 4.69) is 0 Å². The molecule has 3 N–H and O–H groups in total. The third-order valence-electron chi connectivity index (χ3n) is 2.59. The molecule has 84 valence electrons. The molecule has 0 heterocycles. The quantitative estimate of drug-likeness (QED) is 0.597. The zero-order valence-corrected chi connectivity index (χ0v) is 9.08. The molecule has 0 fully saturated rings. The lowest BCUT2D eigenvalue weighted by Gasteiger charge is -2.28. The SMILES string of the molecule is CCOC(=O)C(CC)(CN)CCCO. The summed E-state index contributed by atoms with van der Waals surface area (Å²) >= 11 is 0. The van der Waals surface area contributed by atoms with Gasteiger partial charge in [-0.25, -0.2) is 0 Å². The van der Waals surface area contributed by atoms with Crippen LogP contribution in [0.4, 0.5) is 0 Å². The standard InChI is InChI=1S/C10H21NO3/c1-3-10(8-11,6-5-7-12)9(13)14-4-2/h12H,3-8,11H2,1-2H3. The fraction of sp³-hybridized carbons (Fsp3) is 0.900. The lowest BCUT2D eigenvalue weighted by atomic mass is 9.81. The van der Waals surface area contributed by atoms with E-state index in [1.165, 1.54) is 0 Å². The summed E-state index contributed by atoms with van der Waals surface area (Å²) in [5.41, 5.74) is 5.01. The number of hydrogen-bond acceptors (Lipinski definition) is 4. The second-order valence-corrected chi connectivity index (χ2v) is 3.39. The van der Waals surface area contributed by atoms with Gasteiger partial charge in [0.2, 0.25) is 0 Å². The van der Waals surface area contributed by atoms with Crippen molar-refractivity contribution in [2.24, 2.45) is 11.1 Å². The molecule has 0 saturated carbocycles. The minimum Gasteiger partial charge on any atom is -0.466 e. The number of carbonyl (C=O) groups is 1. The summed E-state index contributed by atoms with van der Waals surface area (Å²) in [5.74, 6) is -0.238. The van der Waals surface area contributed by atoms with Crippen LogP contribution >= 0.6 is 0 Å². The first kappa shape index (κ1) is 13.4. The highest BCUT2D eigenvalue weighted by molar-refractivity contribution is 5.77. The largest absolute Gasteiger partial charge is 0.466 e. The molecule has 0 aromatic heterocycles. The van der Waals surface area contributed by atoms with E-state index < -0.39 is 5.41 Å². The van der Waals surface area contributed by atoms with E-state index in [9.17, 15) is 4.79 Å². The molecule has 0 aliphatic rings. The molecule has 1 unspecified atom stereocenters. The number of carbonyl (C=O) groups excluding carboxylic acids is 1. The van der Waals surface area contributed by atoms with Gasteiger partial charge in [0.1, 0.15) is 0 Å². The molecule has 0 spiro atoms. The molecular formula is C10H21NO3. The Kier molecular flexibility index (Phi) is 6.49. The number of hydrogen-bond donors (Lipinski definition) is 2. The van der Waals surface area contributed by atoms with Gasteiger partial charge in [0.15, 0.2) is 0 Å². The molecule has 14 heavy (non-hydrogen) atoms. The number of aliphatic hydroxyl groups is 1. The number of nitrogens with two attached hydrogens (primary N) is 1. The Hall–Kier alpha value is -0.610. The van der Waals surface area contributed by atoms with Crippen molar-refractivity contribution in [3.05, 3.63) is 0 Å². The Labute approximate surface area is 85.4 Å². The predicted octanol–water partition coefficient (Wildman–Crippen LogP) is 0.677. The number of ether oxygens (including phenoxy) is 1.